The van der Waals surface area contributed by atoms with Crippen LogP contribution in [0.2, 0.25) is 10.0 Å². The van der Waals surface area contributed by atoms with Crippen molar-refractivity contribution in [3.05, 3.63) is 99.5 Å². The van der Waals surface area contributed by atoms with Crippen LogP contribution in [0.5, 0.6) is 0 Å². The summed E-state index contributed by atoms with van der Waals surface area (Å²) in [7, 11) is 0. The van der Waals surface area contributed by atoms with Crippen LogP contribution in [0.15, 0.2) is 72.8 Å². The Balaban J connectivity index is 1.60. The Morgan fingerprint density at radius 3 is 2.10 bits per heavy atom. The van der Waals surface area contributed by atoms with Crippen LogP contribution in [0.25, 0.3) is 0 Å². The lowest BCUT2D eigenvalue weighted by Gasteiger charge is -2.27. The van der Waals surface area contributed by atoms with Crippen LogP contribution >= 0.6 is 23.2 Å². The van der Waals surface area contributed by atoms with Crippen LogP contribution in [0.3, 0.4) is 0 Å². The fourth-order valence-corrected chi connectivity index (χ4v) is 3.89. The quantitative estimate of drug-likeness (QED) is 0.534. The molecule has 0 fully saturated rings. The number of imide groups is 1. The highest BCUT2D eigenvalue weighted by molar-refractivity contribution is 6.36. The molecule has 4 rings (SSSR count). The summed E-state index contributed by atoms with van der Waals surface area (Å²) in [6, 6.07) is 19.9. The predicted molar refractivity (Wildman–Crippen MR) is 119 cm³/mol. The molecule has 1 aliphatic heterocycles. The maximum atomic E-state index is 13.0. The number of amides is 4. The molecule has 1 aliphatic rings. The Hall–Kier alpha value is -3.35. The van der Waals surface area contributed by atoms with E-state index in [1.54, 1.807) is 36.4 Å². The van der Waals surface area contributed by atoms with Gasteiger partial charge in [0.1, 0.15) is 6.17 Å². The summed E-state index contributed by atoms with van der Waals surface area (Å²) in [5.41, 5.74) is 1.83. The number of nitrogens with zero attached hydrogens (tertiary/aromatic N) is 1. The second kappa shape index (κ2) is 8.79. The zero-order valence-electron chi connectivity index (χ0n) is 16.1. The molecule has 31 heavy (non-hydrogen) atoms. The number of urea groups is 1. The topological polar surface area (TPSA) is 78.5 Å². The molecule has 2 N–H and O–H groups in total. The largest absolute Gasteiger partial charge is 0.320 e. The van der Waals surface area contributed by atoms with Gasteiger partial charge in [-0.3, -0.25) is 14.5 Å². The number of hydrogen-bond acceptors (Lipinski definition) is 3. The molecule has 1 heterocycles. The molecule has 6 nitrogen and oxygen atoms in total. The van der Waals surface area contributed by atoms with Crippen molar-refractivity contribution in [2.45, 2.75) is 12.6 Å². The van der Waals surface area contributed by atoms with Crippen molar-refractivity contribution in [1.82, 2.24) is 10.2 Å². The van der Waals surface area contributed by atoms with Crippen molar-refractivity contribution in [3.8, 4) is 0 Å². The van der Waals surface area contributed by atoms with Crippen molar-refractivity contribution in [1.29, 1.82) is 0 Å². The van der Waals surface area contributed by atoms with Gasteiger partial charge in [0.05, 0.1) is 21.8 Å². The number of carbonyl (C=O) groups is 3. The van der Waals surface area contributed by atoms with Crippen LogP contribution in [0.4, 0.5) is 10.5 Å². The molecule has 4 amide bonds. The SMILES string of the molecule is O=C(Nc1ccc(Cl)cc1Cl)NC(Cc1ccccc1)N1C(=O)c2ccccc2C1=O. The van der Waals surface area contributed by atoms with Crippen LogP contribution in [-0.4, -0.2) is 28.9 Å². The number of fused-ring (bicyclic) bond motifs is 1. The van der Waals surface area contributed by atoms with Crippen molar-refractivity contribution >= 4 is 46.7 Å². The normalized spacial score (nSPS) is 13.7. The van der Waals surface area contributed by atoms with Crippen LogP contribution in [-0.2, 0) is 6.42 Å². The maximum Gasteiger partial charge on any atom is 0.320 e. The van der Waals surface area contributed by atoms with Crippen molar-refractivity contribution in [2.75, 3.05) is 5.32 Å². The van der Waals surface area contributed by atoms with Gasteiger partial charge < -0.3 is 10.6 Å². The van der Waals surface area contributed by atoms with Crippen molar-refractivity contribution in [2.24, 2.45) is 0 Å². The van der Waals surface area contributed by atoms with E-state index >= 15 is 0 Å². The van der Waals surface area contributed by atoms with Gasteiger partial charge in [0, 0.05) is 11.4 Å². The fourth-order valence-electron chi connectivity index (χ4n) is 3.44. The Morgan fingerprint density at radius 1 is 0.871 bits per heavy atom. The Bertz CT molecular complexity index is 1130. The van der Waals surface area contributed by atoms with E-state index in [1.165, 1.54) is 6.07 Å². The highest BCUT2D eigenvalue weighted by Crippen LogP contribution is 2.27. The second-order valence-electron chi connectivity index (χ2n) is 6.95. The van der Waals surface area contributed by atoms with Gasteiger partial charge in [0.2, 0.25) is 0 Å². The lowest BCUT2D eigenvalue weighted by Crippen LogP contribution is -2.53. The number of benzene rings is 3. The first-order valence-electron chi connectivity index (χ1n) is 9.47. The van der Waals surface area contributed by atoms with Crippen molar-refractivity contribution < 1.29 is 14.4 Å². The van der Waals surface area contributed by atoms with Gasteiger partial charge >= 0.3 is 6.03 Å². The fraction of sp³-hybridized carbons (Fsp3) is 0.0870. The number of hydrogen-bond donors (Lipinski definition) is 2. The number of nitrogens with one attached hydrogen (secondary N) is 2. The van der Waals surface area contributed by atoms with Gasteiger partial charge in [0.25, 0.3) is 11.8 Å². The summed E-state index contributed by atoms with van der Waals surface area (Å²) in [5, 5.41) is 6.07. The molecule has 0 saturated carbocycles. The molecule has 1 unspecified atom stereocenters. The molecule has 0 radical (unpaired) electrons. The van der Waals surface area contributed by atoms with Crippen molar-refractivity contribution in [3.63, 3.8) is 0 Å². The highest BCUT2D eigenvalue weighted by atomic mass is 35.5. The monoisotopic (exact) mass is 453 g/mol. The van der Waals surface area contributed by atoms with E-state index in [0.29, 0.717) is 21.8 Å². The van der Waals surface area contributed by atoms with Gasteiger partial charge in [-0.2, -0.15) is 0 Å². The first kappa shape index (κ1) is 20.9. The molecular formula is C23H17Cl2N3O3. The first-order valence-corrected chi connectivity index (χ1v) is 10.2. The summed E-state index contributed by atoms with van der Waals surface area (Å²) in [6.45, 7) is 0. The molecule has 0 bridgehead atoms. The standard InChI is InChI=1S/C23H17Cl2N3O3/c24-15-10-11-19(18(25)13-15)26-23(31)27-20(12-14-6-2-1-3-7-14)28-21(29)16-8-4-5-9-17(16)22(28)30/h1-11,13,20H,12H2,(H2,26,27,31). The average molecular weight is 454 g/mol. The summed E-state index contributed by atoms with van der Waals surface area (Å²) in [5.74, 6) is -0.905. The highest BCUT2D eigenvalue weighted by Gasteiger charge is 2.40. The molecule has 0 saturated heterocycles. The third-order valence-electron chi connectivity index (χ3n) is 4.89. The summed E-state index contributed by atoms with van der Waals surface area (Å²) in [6.07, 6.45) is -0.658. The number of halogens is 2. The van der Waals surface area contributed by atoms with E-state index in [4.69, 9.17) is 23.2 Å². The molecular weight excluding hydrogens is 437 g/mol. The molecule has 0 aliphatic carbocycles. The average Bonchev–Trinajstić information content (AvgIpc) is 3.01. The zero-order valence-corrected chi connectivity index (χ0v) is 17.7. The van der Waals surface area contributed by atoms with Gasteiger partial charge in [-0.05, 0) is 35.9 Å². The molecule has 156 valence electrons. The van der Waals surface area contributed by atoms with E-state index in [-0.39, 0.29) is 11.4 Å². The van der Waals surface area contributed by atoms with E-state index < -0.39 is 24.0 Å². The van der Waals surface area contributed by atoms with Gasteiger partial charge in [-0.1, -0.05) is 65.7 Å². The Morgan fingerprint density at radius 2 is 1.48 bits per heavy atom. The van der Waals surface area contributed by atoms with Crippen LogP contribution in [0.1, 0.15) is 26.3 Å². The lowest BCUT2D eigenvalue weighted by atomic mass is 10.1. The minimum atomic E-state index is -0.902. The molecule has 0 aromatic heterocycles. The minimum Gasteiger partial charge on any atom is -0.317 e. The van der Waals surface area contributed by atoms with Gasteiger partial charge in [0.15, 0.2) is 0 Å². The van der Waals surface area contributed by atoms with Gasteiger partial charge in [-0.15, -0.1) is 0 Å². The number of carbonyl (C=O) groups excluding carboxylic acids is 3. The van der Waals surface area contributed by atoms with Gasteiger partial charge in [-0.25, -0.2) is 4.79 Å². The molecule has 8 heteroatoms. The lowest BCUT2D eigenvalue weighted by molar-refractivity contribution is 0.0565. The summed E-state index contributed by atoms with van der Waals surface area (Å²) >= 11 is 12.0. The van der Waals surface area contributed by atoms with Crippen LogP contribution < -0.4 is 10.6 Å². The van der Waals surface area contributed by atoms with E-state index in [0.717, 1.165) is 10.5 Å². The third kappa shape index (κ3) is 4.40. The Labute approximate surface area is 188 Å². The van der Waals surface area contributed by atoms with Crippen LogP contribution in [0, 0.1) is 0 Å². The Kier molecular flexibility index (Phi) is 5.93. The summed E-state index contributed by atoms with van der Waals surface area (Å²) < 4.78 is 0. The smallest absolute Gasteiger partial charge is 0.317 e. The molecule has 3 aromatic rings. The molecule has 1 atom stereocenters. The maximum absolute atomic E-state index is 13.0. The third-order valence-corrected chi connectivity index (χ3v) is 5.43. The second-order valence-corrected chi connectivity index (χ2v) is 7.80. The molecule has 3 aromatic carbocycles. The minimum absolute atomic E-state index is 0.244. The van der Waals surface area contributed by atoms with E-state index in [1.807, 2.05) is 30.3 Å². The zero-order chi connectivity index (χ0) is 22.0. The first-order chi connectivity index (χ1) is 14.9. The summed E-state index contributed by atoms with van der Waals surface area (Å²) in [4.78, 5) is 39.7. The van der Waals surface area contributed by atoms with E-state index in [2.05, 4.69) is 10.6 Å². The molecule has 0 spiro atoms. The number of rotatable bonds is 5. The van der Waals surface area contributed by atoms with E-state index in [9.17, 15) is 14.4 Å². The predicted octanol–water partition coefficient (Wildman–Crippen LogP) is 4.98. The number of anilines is 1.